The van der Waals surface area contributed by atoms with Gasteiger partial charge in [-0.25, -0.2) is 0 Å². The molecule has 0 bridgehead atoms. The summed E-state index contributed by atoms with van der Waals surface area (Å²) in [7, 11) is 1.63. The Hall–Kier alpha value is -2.79. The third-order valence-electron chi connectivity index (χ3n) is 6.24. The van der Waals surface area contributed by atoms with Gasteiger partial charge in [0.25, 0.3) is 11.8 Å². The first-order chi connectivity index (χ1) is 15.4. The molecule has 0 radical (unpaired) electrons. The molecule has 1 saturated heterocycles. The van der Waals surface area contributed by atoms with Crippen LogP contribution in [0.4, 0.5) is 0 Å². The quantitative estimate of drug-likeness (QED) is 0.598. The van der Waals surface area contributed by atoms with Crippen molar-refractivity contribution >= 4 is 29.0 Å². The third-order valence-corrected chi connectivity index (χ3v) is 6.50. The molecule has 1 fully saturated rings. The zero-order valence-corrected chi connectivity index (χ0v) is 19.6. The maximum absolute atomic E-state index is 13.6. The Morgan fingerprint density at radius 3 is 2.16 bits per heavy atom. The first-order valence-electron chi connectivity index (χ1n) is 11.1. The van der Waals surface area contributed by atoms with Gasteiger partial charge in [-0.2, -0.15) is 0 Å². The van der Waals surface area contributed by atoms with Gasteiger partial charge in [0.05, 0.1) is 12.7 Å². The van der Waals surface area contributed by atoms with Crippen LogP contribution in [-0.4, -0.2) is 48.4 Å². The molecule has 0 N–H and O–H groups in total. The van der Waals surface area contributed by atoms with Gasteiger partial charge in [-0.15, -0.1) is 0 Å². The van der Waals surface area contributed by atoms with Gasteiger partial charge in [-0.3, -0.25) is 14.5 Å². The van der Waals surface area contributed by atoms with Crippen molar-refractivity contribution < 1.29 is 14.3 Å². The fourth-order valence-corrected chi connectivity index (χ4v) is 4.94. The van der Waals surface area contributed by atoms with Crippen molar-refractivity contribution in [1.29, 1.82) is 0 Å². The summed E-state index contributed by atoms with van der Waals surface area (Å²) >= 11 is 6.08. The zero-order chi connectivity index (χ0) is 22.8. The summed E-state index contributed by atoms with van der Waals surface area (Å²) in [5, 5.41) is 0.601. The van der Waals surface area contributed by atoms with E-state index in [2.05, 4.69) is 18.7 Å². The Kier molecular flexibility index (Phi) is 6.56. The molecule has 2 aliphatic rings. The van der Waals surface area contributed by atoms with Crippen LogP contribution >= 0.6 is 11.6 Å². The van der Waals surface area contributed by atoms with Crippen LogP contribution < -0.4 is 4.74 Å². The third kappa shape index (κ3) is 4.53. The number of benzene rings is 2. The van der Waals surface area contributed by atoms with Gasteiger partial charge in [0.1, 0.15) is 11.4 Å². The molecular formula is C26H29ClN2O3. The lowest BCUT2D eigenvalue weighted by Crippen LogP contribution is -2.42. The van der Waals surface area contributed by atoms with Gasteiger partial charge in [-0.1, -0.05) is 49.7 Å². The highest BCUT2D eigenvalue weighted by molar-refractivity contribution is 6.36. The Bertz CT molecular complexity index is 1020. The molecule has 2 aromatic carbocycles. The topological polar surface area (TPSA) is 49.9 Å². The van der Waals surface area contributed by atoms with E-state index in [1.54, 1.807) is 19.2 Å². The predicted octanol–water partition coefficient (Wildman–Crippen LogP) is 4.65. The van der Waals surface area contributed by atoms with Crippen LogP contribution in [0.2, 0.25) is 5.02 Å². The van der Waals surface area contributed by atoms with Gasteiger partial charge in [0.2, 0.25) is 0 Å². The van der Waals surface area contributed by atoms with Crippen molar-refractivity contribution in [2.24, 2.45) is 11.8 Å². The second-order valence-corrected chi connectivity index (χ2v) is 9.38. The molecule has 0 saturated carbocycles. The minimum absolute atomic E-state index is 0.199. The van der Waals surface area contributed by atoms with Crippen LogP contribution in [0.15, 0.2) is 54.2 Å². The van der Waals surface area contributed by atoms with E-state index in [1.807, 2.05) is 36.4 Å². The van der Waals surface area contributed by atoms with E-state index in [4.69, 9.17) is 16.3 Å². The highest BCUT2D eigenvalue weighted by Crippen LogP contribution is 2.35. The van der Waals surface area contributed by atoms with Crippen molar-refractivity contribution in [3.05, 3.63) is 70.4 Å². The number of halogens is 1. The Morgan fingerprint density at radius 1 is 0.938 bits per heavy atom. The molecule has 0 aromatic heterocycles. The normalized spacial score (nSPS) is 21.5. The van der Waals surface area contributed by atoms with E-state index in [0.717, 1.165) is 36.4 Å². The molecule has 2 amide bonds. The number of piperidine rings is 1. The standard InChI is InChI=1S/C26H29ClN2O3/c1-17-14-18(2)16-28(15-17)24-23(20-6-8-21(27)9-7-20)25(30)29(26(24)31)13-12-19-4-10-22(32-3)11-5-19/h4-11,17-18H,12-16H2,1-3H3. The molecule has 0 spiro atoms. The predicted molar refractivity (Wildman–Crippen MR) is 126 cm³/mol. The fourth-order valence-electron chi connectivity index (χ4n) is 4.82. The van der Waals surface area contributed by atoms with Crippen molar-refractivity contribution in [1.82, 2.24) is 9.80 Å². The van der Waals surface area contributed by atoms with Crippen LogP contribution in [0.25, 0.3) is 5.57 Å². The lowest BCUT2D eigenvalue weighted by atomic mass is 9.91. The number of hydrogen-bond acceptors (Lipinski definition) is 4. The number of rotatable bonds is 6. The van der Waals surface area contributed by atoms with Crippen LogP contribution in [0.3, 0.4) is 0 Å². The smallest absolute Gasteiger partial charge is 0.277 e. The molecule has 32 heavy (non-hydrogen) atoms. The summed E-state index contributed by atoms with van der Waals surface area (Å²) in [5.74, 6) is 1.29. The first-order valence-corrected chi connectivity index (χ1v) is 11.5. The maximum atomic E-state index is 13.6. The van der Waals surface area contributed by atoms with E-state index >= 15 is 0 Å². The number of ether oxygens (including phenoxy) is 1. The number of carbonyl (C=O) groups excluding carboxylic acids is 2. The highest BCUT2D eigenvalue weighted by Gasteiger charge is 2.42. The highest BCUT2D eigenvalue weighted by atomic mass is 35.5. The largest absolute Gasteiger partial charge is 0.497 e. The second-order valence-electron chi connectivity index (χ2n) is 8.94. The molecule has 6 heteroatoms. The number of amides is 2. The molecule has 4 rings (SSSR count). The number of likely N-dealkylation sites (tertiary alicyclic amines) is 1. The molecule has 2 aliphatic heterocycles. The van der Waals surface area contributed by atoms with Gasteiger partial charge in [0, 0.05) is 24.7 Å². The molecule has 2 aromatic rings. The molecule has 2 atom stereocenters. The van der Waals surface area contributed by atoms with Crippen LogP contribution in [-0.2, 0) is 16.0 Å². The lowest BCUT2D eigenvalue weighted by molar-refractivity contribution is -0.137. The van der Waals surface area contributed by atoms with Gasteiger partial charge < -0.3 is 9.64 Å². The molecule has 5 nitrogen and oxygen atoms in total. The van der Waals surface area contributed by atoms with E-state index in [0.29, 0.717) is 41.1 Å². The number of hydrogen-bond donors (Lipinski definition) is 0. The number of methoxy groups -OCH3 is 1. The number of nitrogens with zero attached hydrogens (tertiary/aromatic N) is 2. The average Bonchev–Trinajstić information content (AvgIpc) is 3.02. The summed E-state index contributed by atoms with van der Waals surface area (Å²) in [5.41, 5.74) is 2.81. The van der Waals surface area contributed by atoms with Crippen LogP contribution in [0.5, 0.6) is 5.75 Å². The van der Waals surface area contributed by atoms with Crippen molar-refractivity contribution in [2.75, 3.05) is 26.7 Å². The Labute approximate surface area is 194 Å². The molecule has 2 unspecified atom stereocenters. The minimum atomic E-state index is -0.230. The fraction of sp³-hybridized carbons (Fsp3) is 0.385. The van der Waals surface area contributed by atoms with Crippen molar-refractivity contribution in [3.8, 4) is 5.75 Å². The summed E-state index contributed by atoms with van der Waals surface area (Å²) in [6.07, 6.45) is 1.72. The lowest BCUT2D eigenvalue weighted by Gasteiger charge is -2.37. The molecule has 0 aliphatic carbocycles. The average molecular weight is 453 g/mol. The van der Waals surface area contributed by atoms with Gasteiger partial charge in [-0.05, 0) is 60.1 Å². The molecule has 168 valence electrons. The zero-order valence-electron chi connectivity index (χ0n) is 18.8. The van der Waals surface area contributed by atoms with Crippen LogP contribution in [0.1, 0.15) is 31.4 Å². The van der Waals surface area contributed by atoms with E-state index in [9.17, 15) is 9.59 Å². The number of carbonyl (C=O) groups is 2. The minimum Gasteiger partial charge on any atom is -0.497 e. The maximum Gasteiger partial charge on any atom is 0.277 e. The van der Waals surface area contributed by atoms with Crippen molar-refractivity contribution in [2.45, 2.75) is 26.7 Å². The summed E-state index contributed by atoms with van der Waals surface area (Å²) in [6, 6.07) is 14.9. The Morgan fingerprint density at radius 2 is 1.56 bits per heavy atom. The second kappa shape index (κ2) is 9.37. The summed E-state index contributed by atoms with van der Waals surface area (Å²) in [4.78, 5) is 30.6. The van der Waals surface area contributed by atoms with E-state index in [-0.39, 0.29) is 11.8 Å². The van der Waals surface area contributed by atoms with E-state index in [1.165, 1.54) is 4.90 Å². The van der Waals surface area contributed by atoms with Crippen LogP contribution in [0, 0.1) is 11.8 Å². The molecular weight excluding hydrogens is 424 g/mol. The molecule has 2 heterocycles. The SMILES string of the molecule is COc1ccc(CCN2C(=O)C(c3ccc(Cl)cc3)=C(N3CC(C)CC(C)C3)C2=O)cc1. The van der Waals surface area contributed by atoms with E-state index < -0.39 is 0 Å². The van der Waals surface area contributed by atoms with Gasteiger partial charge in [0.15, 0.2) is 0 Å². The summed E-state index contributed by atoms with van der Waals surface area (Å²) < 4.78 is 5.21. The number of imide groups is 1. The monoisotopic (exact) mass is 452 g/mol. The van der Waals surface area contributed by atoms with Crippen molar-refractivity contribution in [3.63, 3.8) is 0 Å². The summed E-state index contributed by atoms with van der Waals surface area (Å²) in [6.45, 7) is 6.30. The first kappa shape index (κ1) is 22.4. The Balaban J connectivity index is 1.63. The van der Waals surface area contributed by atoms with Gasteiger partial charge >= 0.3 is 0 Å².